The first-order chi connectivity index (χ1) is 13.7. The van der Waals surface area contributed by atoms with E-state index in [9.17, 15) is 23.3 Å². The van der Waals surface area contributed by atoms with Gasteiger partial charge in [0, 0.05) is 31.7 Å². The summed E-state index contributed by atoms with van der Waals surface area (Å²) in [5.74, 6) is -0.516. The normalized spacial score (nSPS) is 15.4. The summed E-state index contributed by atoms with van der Waals surface area (Å²) in [6.45, 7) is 3.14. The molecule has 0 spiro atoms. The maximum absolute atomic E-state index is 12.7. The minimum absolute atomic E-state index is 0.0361. The van der Waals surface area contributed by atoms with Crippen molar-refractivity contribution < 1.29 is 18.1 Å². The second-order valence-electron chi connectivity index (χ2n) is 6.54. The fourth-order valence-electron chi connectivity index (χ4n) is 3.07. The SMILES string of the molecule is CCS(=O)(=O)N1CCN(C(=O)c2ccc(Cn3cc(Cl)c([N+](=O)[O-])n3)cc2)CC1. The Labute approximate surface area is 172 Å². The van der Waals surface area contributed by atoms with Gasteiger partial charge in [-0.25, -0.2) is 8.42 Å². The lowest BCUT2D eigenvalue weighted by Crippen LogP contribution is -2.50. The molecule has 29 heavy (non-hydrogen) atoms. The maximum Gasteiger partial charge on any atom is 0.408 e. The Hall–Kier alpha value is -2.50. The molecule has 1 aliphatic rings. The topological polar surface area (TPSA) is 119 Å². The number of hydrogen-bond acceptors (Lipinski definition) is 6. The van der Waals surface area contributed by atoms with Crippen molar-refractivity contribution in [2.45, 2.75) is 13.5 Å². The first kappa shape index (κ1) is 21.2. The zero-order chi connectivity index (χ0) is 21.2. The molecule has 0 N–H and O–H groups in total. The summed E-state index contributed by atoms with van der Waals surface area (Å²) in [4.78, 5) is 24.5. The Morgan fingerprint density at radius 3 is 2.34 bits per heavy atom. The Bertz CT molecular complexity index is 1010. The summed E-state index contributed by atoms with van der Waals surface area (Å²) < 4.78 is 26.6. The molecule has 1 saturated heterocycles. The zero-order valence-electron chi connectivity index (χ0n) is 15.7. The van der Waals surface area contributed by atoms with E-state index in [0.717, 1.165) is 5.56 Å². The standard InChI is InChI=1S/C17H20ClN5O5S/c1-2-29(27,28)22-9-7-20(8-10-22)17(24)14-5-3-13(4-6-14)11-21-12-15(18)16(19-21)23(25)26/h3-6,12H,2,7-11H2,1H3. The first-order valence-electron chi connectivity index (χ1n) is 8.94. The van der Waals surface area contributed by atoms with Gasteiger partial charge < -0.3 is 15.0 Å². The molecule has 10 nitrogen and oxygen atoms in total. The van der Waals surface area contributed by atoms with E-state index in [1.54, 1.807) is 36.1 Å². The number of aromatic nitrogens is 2. The number of benzene rings is 1. The molecule has 0 bridgehead atoms. The van der Waals surface area contributed by atoms with Gasteiger partial charge in [0.05, 0.1) is 23.6 Å². The highest BCUT2D eigenvalue weighted by Gasteiger charge is 2.28. The van der Waals surface area contributed by atoms with Crippen LogP contribution in [-0.2, 0) is 16.6 Å². The molecule has 0 aliphatic carbocycles. The van der Waals surface area contributed by atoms with Gasteiger partial charge in [-0.2, -0.15) is 8.99 Å². The highest BCUT2D eigenvalue weighted by Crippen LogP contribution is 2.22. The lowest BCUT2D eigenvalue weighted by atomic mass is 10.1. The molecule has 0 radical (unpaired) electrons. The van der Waals surface area contributed by atoms with E-state index in [1.165, 1.54) is 15.2 Å². The molecule has 156 valence electrons. The molecule has 12 heteroatoms. The summed E-state index contributed by atoms with van der Waals surface area (Å²) in [6, 6.07) is 6.83. The molecular formula is C17H20ClN5O5S. The van der Waals surface area contributed by atoms with Crippen LogP contribution in [0.4, 0.5) is 5.82 Å². The van der Waals surface area contributed by atoms with Crippen LogP contribution in [0.1, 0.15) is 22.8 Å². The quantitative estimate of drug-likeness (QED) is 0.496. The van der Waals surface area contributed by atoms with Crippen molar-refractivity contribution in [2.75, 3.05) is 31.9 Å². The van der Waals surface area contributed by atoms with E-state index in [4.69, 9.17) is 11.6 Å². The van der Waals surface area contributed by atoms with Gasteiger partial charge in [0.1, 0.15) is 0 Å². The average Bonchev–Trinajstić information content (AvgIpc) is 3.08. The average molecular weight is 442 g/mol. The fraction of sp³-hybridized carbons (Fsp3) is 0.412. The smallest absolute Gasteiger partial charge is 0.358 e. The molecule has 3 rings (SSSR count). The summed E-state index contributed by atoms with van der Waals surface area (Å²) in [5.41, 5.74) is 1.29. The lowest BCUT2D eigenvalue weighted by molar-refractivity contribution is -0.389. The summed E-state index contributed by atoms with van der Waals surface area (Å²) in [5, 5.41) is 14.6. The number of sulfonamides is 1. The van der Waals surface area contributed by atoms with Crippen LogP contribution in [0.2, 0.25) is 5.02 Å². The van der Waals surface area contributed by atoms with Crippen molar-refractivity contribution in [1.82, 2.24) is 19.0 Å². The van der Waals surface area contributed by atoms with E-state index in [0.29, 0.717) is 31.7 Å². The third kappa shape index (κ3) is 4.74. The largest absolute Gasteiger partial charge is 0.408 e. The van der Waals surface area contributed by atoms with Crippen molar-refractivity contribution in [1.29, 1.82) is 0 Å². The molecule has 0 atom stereocenters. The number of carbonyl (C=O) groups is 1. The molecule has 1 amide bonds. The van der Waals surface area contributed by atoms with Crippen LogP contribution < -0.4 is 0 Å². The minimum Gasteiger partial charge on any atom is -0.358 e. The number of amides is 1. The monoisotopic (exact) mass is 441 g/mol. The van der Waals surface area contributed by atoms with Gasteiger partial charge in [-0.05, 0) is 29.5 Å². The molecule has 1 aromatic heterocycles. The lowest BCUT2D eigenvalue weighted by Gasteiger charge is -2.33. The number of hydrogen-bond donors (Lipinski definition) is 0. The predicted octanol–water partition coefficient (Wildman–Crippen LogP) is 1.60. The molecule has 2 aromatic rings. The number of carbonyl (C=O) groups excluding carboxylic acids is 1. The Balaban J connectivity index is 1.62. The highest BCUT2D eigenvalue weighted by atomic mass is 35.5. The van der Waals surface area contributed by atoms with Crippen molar-refractivity contribution in [3.8, 4) is 0 Å². The van der Waals surface area contributed by atoms with E-state index in [2.05, 4.69) is 5.10 Å². The molecule has 1 aromatic carbocycles. The number of rotatable bonds is 6. The van der Waals surface area contributed by atoms with E-state index in [1.807, 2.05) is 0 Å². The molecule has 0 unspecified atom stereocenters. The van der Waals surface area contributed by atoms with Gasteiger partial charge in [0.15, 0.2) is 5.02 Å². The van der Waals surface area contributed by atoms with E-state index < -0.39 is 20.8 Å². The second kappa shape index (κ2) is 8.47. The summed E-state index contributed by atoms with van der Waals surface area (Å²) >= 11 is 5.79. The van der Waals surface area contributed by atoms with Gasteiger partial charge in [0.25, 0.3) is 5.91 Å². The fourth-order valence-corrected chi connectivity index (χ4v) is 4.37. The van der Waals surface area contributed by atoms with E-state index >= 15 is 0 Å². The van der Waals surface area contributed by atoms with Crippen molar-refractivity contribution >= 4 is 33.3 Å². The molecule has 2 heterocycles. The van der Waals surface area contributed by atoms with Crippen LogP contribution in [0.5, 0.6) is 0 Å². The number of nitrogens with zero attached hydrogens (tertiary/aromatic N) is 5. The number of nitro groups is 1. The molecule has 1 aliphatic heterocycles. The first-order valence-corrected chi connectivity index (χ1v) is 10.9. The highest BCUT2D eigenvalue weighted by molar-refractivity contribution is 7.89. The van der Waals surface area contributed by atoms with Gasteiger partial charge in [-0.3, -0.25) is 4.79 Å². The Morgan fingerprint density at radius 2 is 1.83 bits per heavy atom. The third-order valence-electron chi connectivity index (χ3n) is 4.70. The van der Waals surface area contributed by atoms with Gasteiger partial charge in [-0.1, -0.05) is 23.7 Å². The van der Waals surface area contributed by atoms with Crippen molar-refractivity contribution in [3.63, 3.8) is 0 Å². The zero-order valence-corrected chi connectivity index (χ0v) is 17.3. The van der Waals surface area contributed by atoms with Crippen LogP contribution in [0, 0.1) is 10.1 Å². The number of piperazine rings is 1. The van der Waals surface area contributed by atoms with Gasteiger partial charge in [0.2, 0.25) is 10.0 Å². The van der Waals surface area contributed by atoms with Crippen LogP contribution in [0.3, 0.4) is 0 Å². The second-order valence-corrected chi connectivity index (χ2v) is 9.21. The third-order valence-corrected chi connectivity index (χ3v) is 6.85. The summed E-state index contributed by atoms with van der Waals surface area (Å²) in [7, 11) is -3.24. The molecule has 1 fully saturated rings. The van der Waals surface area contributed by atoms with Crippen molar-refractivity contribution in [2.24, 2.45) is 0 Å². The molecular weight excluding hydrogens is 422 g/mol. The van der Waals surface area contributed by atoms with Crippen molar-refractivity contribution in [3.05, 3.63) is 56.7 Å². The van der Waals surface area contributed by atoms with E-state index in [-0.39, 0.29) is 23.2 Å². The van der Waals surface area contributed by atoms with Crippen LogP contribution in [-0.4, -0.2) is 70.2 Å². The maximum atomic E-state index is 12.7. The summed E-state index contributed by atoms with van der Waals surface area (Å²) in [6.07, 6.45) is 1.38. The minimum atomic E-state index is -3.24. The van der Waals surface area contributed by atoms with Gasteiger partial charge >= 0.3 is 5.82 Å². The predicted molar refractivity (Wildman–Crippen MR) is 106 cm³/mol. The van der Waals surface area contributed by atoms with Gasteiger partial charge in [-0.15, -0.1) is 0 Å². The number of halogens is 1. The Morgan fingerprint density at radius 1 is 1.21 bits per heavy atom. The van der Waals surface area contributed by atoms with Crippen LogP contribution in [0.25, 0.3) is 0 Å². The van der Waals surface area contributed by atoms with Crippen LogP contribution >= 0.6 is 11.6 Å². The molecule has 0 saturated carbocycles. The van der Waals surface area contributed by atoms with Crippen LogP contribution in [0.15, 0.2) is 30.5 Å². The Kier molecular flexibility index (Phi) is 6.20.